The van der Waals surface area contributed by atoms with Gasteiger partial charge in [-0.15, -0.1) is 0 Å². The zero-order valence-electron chi connectivity index (χ0n) is 9.14. The molecule has 1 aliphatic carbocycles. The van der Waals surface area contributed by atoms with Crippen LogP contribution in [0.4, 0.5) is 0 Å². The zero-order valence-corrected chi connectivity index (χ0v) is 9.14. The Balaban J connectivity index is 1.86. The fourth-order valence-electron chi connectivity index (χ4n) is 1.71. The van der Waals surface area contributed by atoms with E-state index in [9.17, 15) is 4.79 Å². The number of ether oxygens (including phenoxy) is 1. The van der Waals surface area contributed by atoms with Crippen LogP contribution in [0.15, 0.2) is 24.4 Å². The van der Waals surface area contributed by atoms with Crippen molar-refractivity contribution in [2.75, 3.05) is 7.11 Å². The van der Waals surface area contributed by atoms with Crippen molar-refractivity contribution in [1.82, 2.24) is 4.98 Å². The van der Waals surface area contributed by atoms with Gasteiger partial charge in [-0.05, 0) is 30.9 Å². The van der Waals surface area contributed by atoms with Crippen molar-refractivity contribution in [3.63, 3.8) is 0 Å². The van der Waals surface area contributed by atoms with Crippen LogP contribution in [0.5, 0.6) is 0 Å². The van der Waals surface area contributed by atoms with Gasteiger partial charge in [0.15, 0.2) is 0 Å². The van der Waals surface area contributed by atoms with Crippen molar-refractivity contribution in [2.24, 2.45) is 11.8 Å². The molecule has 0 amide bonds. The minimum absolute atomic E-state index is 0.0491. The molecule has 0 unspecified atom stereocenters. The number of carbonyl (C=O) groups excluding carboxylic acids is 1. The van der Waals surface area contributed by atoms with E-state index in [0.29, 0.717) is 5.92 Å². The number of pyridine rings is 1. The molecule has 1 fully saturated rings. The van der Waals surface area contributed by atoms with E-state index in [0.717, 1.165) is 18.5 Å². The molecule has 1 heterocycles. The topological polar surface area (TPSA) is 39.2 Å². The molecule has 16 heavy (non-hydrogen) atoms. The standard InChI is InChI=1S/C13H13NO2/c1-16-13(15)11-8-10(9-11)5-6-12-4-2-3-7-14-12/h2-4,7,10-11H,8-9H2,1H3. The minimum Gasteiger partial charge on any atom is -0.469 e. The third kappa shape index (κ3) is 2.40. The molecule has 3 nitrogen and oxygen atoms in total. The van der Waals surface area contributed by atoms with Crippen LogP contribution in [0.25, 0.3) is 0 Å². The Hall–Kier alpha value is -1.82. The lowest BCUT2D eigenvalue weighted by Crippen LogP contribution is -2.30. The summed E-state index contributed by atoms with van der Waals surface area (Å²) < 4.78 is 4.67. The van der Waals surface area contributed by atoms with Gasteiger partial charge < -0.3 is 4.74 Å². The highest BCUT2D eigenvalue weighted by Crippen LogP contribution is 2.33. The number of esters is 1. The van der Waals surface area contributed by atoms with E-state index in [4.69, 9.17) is 0 Å². The number of aromatic nitrogens is 1. The van der Waals surface area contributed by atoms with Gasteiger partial charge in [0.05, 0.1) is 13.0 Å². The number of nitrogens with zero attached hydrogens (tertiary/aromatic N) is 1. The Morgan fingerprint density at radius 1 is 1.50 bits per heavy atom. The van der Waals surface area contributed by atoms with Gasteiger partial charge in [-0.2, -0.15) is 0 Å². The van der Waals surface area contributed by atoms with Crippen molar-refractivity contribution in [3.8, 4) is 11.8 Å². The van der Waals surface area contributed by atoms with Crippen LogP contribution in [0, 0.1) is 23.7 Å². The summed E-state index contributed by atoms with van der Waals surface area (Å²) in [6, 6.07) is 5.65. The first-order chi connectivity index (χ1) is 7.79. The van der Waals surface area contributed by atoms with Crippen LogP contribution in [-0.4, -0.2) is 18.1 Å². The summed E-state index contributed by atoms with van der Waals surface area (Å²) in [7, 11) is 1.43. The lowest BCUT2D eigenvalue weighted by atomic mass is 9.75. The maximum Gasteiger partial charge on any atom is 0.308 e. The first-order valence-corrected chi connectivity index (χ1v) is 5.30. The van der Waals surface area contributed by atoms with E-state index in [1.165, 1.54) is 7.11 Å². The molecular formula is C13H13NO2. The summed E-state index contributed by atoms with van der Waals surface area (Å²) in [5, 5.41) is 0. The molecule has 0 atom stereocenters. The predicted molar refractivity (Wildman–Crippen MR) is 59.3 cm³/mol. The third-order valence-corrected chi connectivity index (χ3v) is 2.74. The Labute approximate surface area is 94.8 Å². The molecule has 1 aromatic rings. The smallest absolute Gasteiger partial charge is 0.308 e. The largest absolute Gasteiger partial charge is 0.469 e. The van der Waals surface area contributed by atoms with E-state index in [2.05, 4.69) is 21.6 Å². The monoisotopic (exact) mass is 215 g/mol. The van der Waals surface area contributed by atoms with Crippen LogP contribution >= 0.6 is 0 Å². The summed E-state index contributed by atoms with van der Waals surface area (Å²) >= 11 is 0. The van der Waals surface area contributed by atoms with E-state index in [1.807, 2.05) is 18.2 Å². The second-order valence-electron chi connectivity index (χ2n) is 3.87. The first kappa shape index (κ1) is 10.7. The summed E-state index contributed by atoms with van der Waals surface area (Å²) in [5.74, 6) is 6.38. The van der Waals surface area contributed by atoms with Crippen LogP contribution < -0.4 is 0 Å². The maximum absolute atomic E-state index is 11.1. The third-order valence-electron chi connectivity index (χ3n) is 2.74. The number of hydrogen-bond donors (Lipinski definition) is 0. The van der Waals surface area contributed by atoms with Crippen LogP contribution in [-0.2, 0) is 9.53 Å². The Morgan fingerprint density at radius 3 is 2.94 bits per heavy atom. The van der Waals surface area contributed by atoms with Crippen LogP contribution in [0.3, 0.4) is 0 Å². The normalized spacial score (nSPS) is 22.6. The van der Waals surface area contributed by atoms with E-state index in [1.54, 1.807) is 6.20 Å². The first-order valence-electron chi connectivity index (χ1n) is 5.30. The molecule has 0 bridgehead atoms. The van der Waals surface area contributed by atoms with Gasteiger partial charge in [0.2, 0.25) is 0 Å². The summed E-state index contributed by atoms with van der Waals surface area (Å²) in [5.41, 5.74) is 0.781. The summed E-state index contributed by atoms with van der Waals surface area (Å²) in [6.07, 6.45) is 3.35. The molecule has 0 aromatic carbocycles. The Kier molecular flexibility index (Phi) is 3.21. The average molecular weight is 215 g/mol. The molecule has 0 N–H and O–H groups in total. The second kappa shape index (κ2) is 4.80. The van der Waals surface area contributed by atoms with Gasteiger partial charge in [-0.1, -0.05) is 12.0 Å². The van der Waals surface area contributed by atoms with Gasteiger partial charge >= 0.3 is 5.97 Å². The van der Waals surface area contributed by atoms with Crippen LogP contribution in [0.2, 0.25) is 0 Å². The molecular weight excluding hydrogens is 202 g/mol. The molecule has 0 spiro atoms. The Bertz CT molecular complexity index is 424. The van der Waals surface area contributed by atoms with Gasteiger partial charge in [-0.25, -0.2) is 4.98 Å². The van der Waals surface area contributed by atoms with Crippen molar-refractivity contribution in [3.05, 3.63) is 30.1 Å². The lowest BCUT2D eigenvalue weighted by molar-refractivity contribution is -0.149. The van der Waals surface area contributed by atoms with Gasteiger partial charge in [-0.3, -0.25) is 4.79 Å². The zero-order chi connectivity index (χ0) is 11.4. The van der Waals surface area contributed by atoms with Gasteiger partial charge in [0.1, 0.15) is 5.69 Å². The highest BCUT2D eigenvalue weighted by molar-refractivity contribution is 5.73. The number of methoxy groups -OCH3 is 1. The molecule has 3 heteroatoms. The van der Waals surface area contributed by atoms with Crippen molar-refractivity contribution in [1.29, 1.82) is 0 Å². The molecule has 0 aliphatic heterocycles. The highest BCUT2D eigenvalue weighted by Gasteiger charge is 2.34. The van der Waals surface area contributed by atoms with E-state index in [-0.39, 0.29) is 11.9 Å². The van der Waals surface area contributed by atoms with Gasteiger partial charge in [0, 0.05) is 12.1 Å². The summed E-state index contributed by atoms with van der Waals surface area (Å²) in [6.45, 7) is 0. The SMILES string of the molecule is COC(=O)C1CC(C#Cc2ccccn2)C1. The number of carbonyl (C=O) groups is 1. The second-order valence-corrected chi connectivity index (χ2v) is 3.87. The van der Waals surface area contributed by atoms with Crippen LogP contribution in [0.1, 0.15) is 18.5 Å². The summed E-state index contributed by atoms with van der Waals surface area (Å²) in [4.78, 5) is 15.2. The van der Waals surface area contributed by atoms with Crippen molar-refractivity contribution >= 4 is 5.97 Å². The molecule has 82 valence electrons. The predicted octanol–water partition coefficient (Wildman–Crippen LogP) is 1.63. The number of rotatable bonds is 1. The molecule has 0 saturated heterocycles. The Morgan fingerprint density at radius 2 is 2.31 bits per heavy atom. The molecule has 1 saturated carbocycles. The van der Waals surface area contributed by atoms with Gasteiger partial charge in [0.25, 0.3) is 0 Å². The maximum atomic E-state index is 11.1. The van der Waals surface area contributed by atoms with Crippen molar-refractivity contribution < 1.29 is 9.53 Å². The van der Waals surface area contributed by atoms with E-state index >= 15 is 0 Å². The molecule has 0 radical (unpaired) electrons. The lowest BCUT2D eigenvalue weighted by Gasteiger charge is -2.29. The van der Waals surface area contributed by atoms with Crippen molar-refractivity contribution in [2.45, 2.75) is 12.8 Å². The fourth-order valence-corrected chi connectivity index (χ4v) is 1.71. The molecule has 1 aromatic heterocycles. The number of hydrogen-bond acceptors (Lipinski definition) is 3. The highest BCUT2D eigenvalue weighted by atomic mass is 16.5. The van der Waals surface area contributed by atoms with E-state index < -0.39 is 0 Å². The molecule has 2 rings (SSSR count). The quantitative estimate of drug-likeness (QED) is 0.528. The fraction of sp³-hybridized carbons (Fsp3) is 0.385. The average Bonchev–Trinajstić information content (AvgIpc) is 2.28. The molecule has 1 aliphatic rings. The minimum atomic E-state index is -0.115.